The third kappa shape index (κ3) is 4.35. The van der Waals surface area contributed by atoms with E-state index in [9.17, 15) is 9.18 Å². The number of pyridine rings is 1. The number of anilines is 2. The molecule has 0 saturated carbocycles. The minimum Gasteiger partial charge on any atom is -0.460 e. The van der Waals surface area contributed by atoms with Crippen molar-refractivity contribution in [3.05, 3.63) is 64.3 Å². The molecule has 1 aliphatic heterocycles. The fraction of sp³-hybridized carbons (Fsp3) is 0.481. The van der Waals surface area contributed by atoms with Crippen LogP contribution < -0.4 is 11.1 Å². The van der Waals surface area contributed by atoms with Gasteiger partial charge in [-0.05, 0) is 63.2 Å². The topological polar surface area (TPSA) is 77.2 Å². The molecule has 1 aromatic rings. The molecule has 0 amide bonds. The predicted octanol–water partition coefficient (Wildman–Crippen LogP) is 5.90. The molecule has 0 saturated heterocycles. The molecule has 0 spiro atoms. The average Bonchev–Trinajstić information content (AvgIpc) is 2.97. The zero-order chi connectivity index (χ0) is 23.9. The van der Waals surface area contributed by atoms with Crippen molar-refractivity contribution in [2.75, 3.05) is 11.1 Å². The first-order valence-corrected chi connectivity index (χ1v) is 11.9. The van der Waals surface area contributed by atoms with Gasteiger partial charge in [-0.3, -0.25) is 0 Å². The van der Waals surface area contributed by atoms with Crippen molar-refractivity contribution < 1.29 is 13.9 Å². The van der Waals surface area contributed by atoms with Crippen LogP contribution in [0.5, 0.6) is 0 Å². The van der Waals surface area contributed by atoms with E-state index in [1.165, 1.54) is 12.2 Å². The fourth-order valence-corrected chi connectivity index (χ4v) is 5.15. The van der Waals surface area contributed by atoms with Gasteiger partial charge < -0.3 is 15.8 Å². The lowest BCUT2D eigenvalue weighted by Crippen LogP contribution is -2.32. The summed E-state index contributed by atoms with van der Waals surface area (Å²) in [5.74, 6) is -0.726. The van der Waals surface area contributed by atoms with Crippen molar-refractivity contribution in [3.8, 4) is 0 Å². The number of esters is 1. The van der Waals surface area contributed by atoms with Crippen molar-refractivity contribution in [2.24, 2.45) is 11.3 Å². The molecule has 3 unspecified atom stereocenters. The summed E-state index contributed by atoms with van der Waals surface area (Å²) < 4.78 is 19.6. The number of carbonyl (C=O) groups is 1. The summed E-state index contributed by atoms with van der Waals surface area (Å²) in [5.41, 5.74) is 11.9. The zero-order valence-corrected chi connectivity index (χ0v) is 20.2. The Morgan fingerprint density at radius 1 is 1.39 bits per heavy atom. The monoisotopic (exact) mass is 451 g/mol. The second-order valence-electron chi connectivity index (χ2n) is 10.0. The van der Waals surface area contributed by atoms with E-state index >= 15 is 0 Å². The number of nitrogen functional groups attached to an aromatic ring is 1. The summed E-state index contributed by atoms with van der Waals surface area (Å²) in [7, 11) is 0. The first kappa shape index (κ1) is 23.3. The molecule has 2 heterocycles. The number of allylic oxidation sites excluding steroid dienone is 7. The van der Waals surface area contributed by atoms with Crippen LogP contribution in [0.25, 0.3) is 0 Å². The Balaban J connectivity index is 1.90. The van der Waals surface area contributed by atoms with E-state index < -0.39 is 5.92 Å². The van der Waals surface area contributed by atoms with Crippen molar-refractivity contribution in [2.45, 2.75) is 72.3 Å². The lowest BCUT2D eigenvalue weighted by molar-refractivity contribution is -0.143. The Hall–Kier alpha value is -2.89. The number of fused-ring (bicyclic) bond motifs is 2. The van der Waals surface area contributed by atoms with Crippen LogP contribution in [0, 0.1) is 11.3 Å². The van der Waals surface area contributed by atoms with E-state index in [4.69, 9.17) is 15.5 Å². The number of hydrogen-bond donors (Lipinski definition) is 2. The third-order valence-electron chi connectivity index (χ3n) is 7.23. The molecule has 1 aromatic heterocycles. The Bertz CT molecular complexity index is 1100. The molecule has 0 aromatic carbocycles. The summed E-state index contributed by atoms with van der Waals surface area (Å²) in [6.45, 7) is 10.0. The van der Waals surface area contributed by atoms with Gasteiger partial charge in [-0.1, -0.05) is 38.5 Å². The van der Waals surface area contributed by atoms with Crippen molar-refractivity contribution in [3.63, 3.8) is 0 Å². The molecule has 0 radical (unpaired) electrons. The molecular weight excluding hydrogens is 417 g/mol. The molecular formula is C27H34FN3O2. The predicted molar refractivity (Wildman–Crippen MR) is 130 cm³/mol. The third-order valence-corrected chi connectivity index (χ3v) is 7.23. The first-order valence-electron chi connectivity index (χ1n) is 11.9. The summed E-state index contributed by atoms with van der Waals surface area (Å²) >= 11 is 0. The smallest absolute Gasteiger partial charge is 0.336 e. The highest BCUT2D eigenvalue weighted by Gasteiger charge is 2.41. The van der Waals surface area contributed by atoms with E-state index in [2.05, 4.69) is 19.2 Å². The highest BCUT2D eigenvalue weighted by atomic mass is 19.1. The van der Waals surface area contributed by atoms with Crippen LogP contribution in [0.4, 0.5) is 15.9 Å². The number of aryl methyl sites for hydroxylation is 1. The number of rotatable bonds is 4. The molecule has 176 valence electrons. The maximum absolute atomic E-state index is 14.0. The highest BCUT2D eigenvalue weighted by Crippen LogP contribution is 2.49. The first-order chi connectivity index (χ1) is 15.6. The van der Waals surface area contributed by atoms with E-state index in [0.717, 1.165) is 42.5 Å². The van der Waals surface area contributed by atoms with Gasteiger partial charge in [0.2, 0.25) is 0 Å². The minimum absolute atomic E-state index is 0.176. The fourth-order valence-electron chi connectivity index (χ4n) is 5.15. The zero-order valence-electron chi connectivity index (χ0n) is 20.2. The largest absolute Gasteiger partial charge is 0.460 e. The van der Waals surface area contributed by atoms with Gasteiger partial charge in [0, 0.05) is 34.5 Å². The van der Waals surface area contributed by atoms with Gasteiger partial charge >= 0.3 is 5.97 Å². The van der Waals surface area contributed by atoms with Gasteiger partial charge in [0.05, 0.1) is 11.7 Å². The summed E-state index contributed by atoms with van der Waals surface area (Å²) in [6, 6.07) is 0. The average molecular weight is 452 g/mol. The molecule has 0 fully saturated rings. The van der Waals surface area contributed by atoms with Gasteiger partial charge in [0.15, 0.2) is 0 Å². The molecule has 33 heavy (non-hydrogen) atoms. The lowest BCUT2D eigenvalue weighted by Gasteiger charge is -2.38. The molecule has 3 N–H and O–H groups in total. The summed E-state index contributed by atoms with van der Waals surface area (Å²) in [6.07, 6.45) is 11.9. The molecule has 4 rings (SSSR count). The van der Waals surface area contributed by atoms with Crippen LogP contribution in [-0.2, 0) is 22.4 Å². The SMILES string of the molecule is CCC1(C)CCc2nc3c(c(N)c2C1)C(C1C=CC=C(F)C=C1)C(C(=O)OC(C)C)=C(C)N3. The Morgan fingerprint density at radius 3 is 2.85 bits per heavy atom. The quantitative estimate of drug-likeness (QED) is 0.558. The molecule has 3 aliphatic rings. The van der Waals surface area contributed by atoms with E-state index in [0.29, 0.717) is 22.8 Å². The van der Waals surface area contributed by atoms with Crippen LogP contribution in [-0.4, -0.2) is 17.1 Å². The van der Waals surface area contributed by atoms with Gasteiger partial charge in [0.25, 0.3) is 0 Å². The van der Waals surface area contributed by atoms with E-state index in [1.807, 2.05) is 26.8 Å². The maximum Gasteiger partial charge on any atom is 0.336 e. The van der Waals surface area contributed by atoms with Crippen molar-refractivity contribution in [1.29, 1.82) is 0 Å². The van der Waals surface area contributed by atoms with Crippen LogP contribution in [0.3, 0.4) is 0 Å². The number of nitrogens with one attached hydrogen (secondary N) is 1. The molecule has 6 heteroatoms. The Labute approximate surface area is 195 Å². The summed E-state index contributed by atoms with van der Waals surface area (Å²) in [5, 5.41) is 3.34. The van der Waals surface area contributed by atoms with Crippen molar-refractivity contribution >= 4 is 17.5 Å². The van der Waals surface area contributed by atoms with Gasteiger partial charge in [-0.25, -0.2) is 14.2 Å². The molecule has 5 nitrogen and oxygen atoms in total. The van der Waals surface area contributed by atoms with Gasteiger partial charge in [-0.15, -0.1) is 0 Å². The normalized spacial score (nSPS) is 26.3. The Morgan fingerprint density at radius 2 is 2.15 bits per heavy atom. The minimum atomic E-state index is -0.424. The number of ether oxygens (including phenoxy) is 1. The van der Waals surface area contributed by atoms with Crippen LogP contribution >= 0.6 is 0 Å². The number of carbonyl (C=O) groups excluding carboxylic acids is 1. The van der Waals surface area contributed by atoms with Crippen LogP contribution in [0.2, 0.25) is 0 Å². The van der Waals surface area contributed by atoms with Gasteiger partial charge in [-0.2, -0.15) is 0 Å². The van der Waals surface area contributed by atoms with Crippen LogP contribution in [0.15, 0.2) is 47.5 Å². The number of nitrogens with zero attached hydrogens (tertiary/aromatic N) is 1. The number of aromatic nitrogens is 1. The molecule has 0 bridgehead atoms. The number of halogens is 1. The van der Waals surface area contributed by atoms with E-state index in [-0.39, 0.29) is 29.2 Å². The standard InChI is InChI=1S/C27H34FN3O2/c1-6-27(5)13-12-20-19(14-27)24(29)23-22(17-8-7-9-18(28)11-10-17)21(26(32)33-15(2)3)16(4)30-25(23)31-20/h7-11,15,17,22H,6,12-14H2,1-5H3,(H3,29,30,31). The Kier molecular flexibility index (Phi) is 6.21. The molecule has 2 aliphatic carbocycles. The van der Waals surface area contributed by atoms with Crippen LogP contribution in [0.1, 0.15) is 70.2 Å². The van der Waals surface area contributed by atoms with E-state index in [1.54, 1.807) is 12.2 Å². The second-order valence-corrected chi connectivity index (χ2v) is 10.0. The second kappa shape index (κ2) is 8.81. The van der Waals surface area contributed by atoms with Gasteiger partial charge in [0.1, 0.15) is 11.6 Å². The highest BCUT2D eigenvalue weighted by molar-refractivity contribution is 5.95. The maximum atomic E-state index is 14.0. The number of hydrogen-bond acceptors (Lipinski definition) is 5. The lowest BCUT2D eigenvalue weighted by atomic mass is 9.70. The molecule has 3 atom stereocenters. The number of nitrogens with two attached hydrogens (primary N) is 1. The van der Waals surface area contributed by atoms with Crippen molar-refractivity contribution in [1.82, 2.24) is 4.98 Å². The summed E-state index contributed by atoms with van der Waals surface area (Å²) in [4.78, 5) is 18.3.